The summed E-state index contributed by atoms with van der Waals surface area (Å²) in [6, 6.07) is 5.59. The van der Waals surface area contributed by atoms with Gasteiger partial charge in [-0.05, 0) is 54.9 Å². The topological polar surface area (TPSA) is 50.4 Å². The largest absolute Gasteiger partial charge is 0.496 e. The highest BCUT2D eigenvalue weighted by molar-refractivity contribution is 9.10. The Morgan fingerprint density at radius 1 is 1.39 bits per heavy atom. The van der Waals surface area contributed by atoms with Crippen molar-refractivity contribution in [1.29, 1.82) is 0 Å². The highest BCUT2D eigenvalue weighted by Gasteiger charge is 2.13. The minimum atomic E-state index is -0.209. The van der Waals surface area contributed by atoms with Gasteiger partial charge in [-0.15, -0.1) is 0 Å². The number of halogens is 1. The number of nitrogens with one attached hydrogen (secondary N) is 2. The first-order valence-corrected chi connectivity index (χ1v) is 6.49. The lowest BCUT2D eigenvalue weighted by molar-refractivity contribution is -0.120. The quantitative estimate of drug-likeness (QED) is 0.898. The molecular weight excluding hydrogens is 296 g/mol. The van der Waals surface area contributed by atoms with Crippen LogP contribution in [0.5, 0.6) is 5.75 Å². The van der Waals surface area contributed by atoms with Crippen molar-refractivity contribution in [3.8, 4) is 5.75 Å². The fourth-order valence-corrected chi connectivity index (χ4v) is 1.96. The van der Waals surface area contributed by atoms with E-state index in [4.69, 9.17) is 4.74 Å². The molecule has 1 amide bonds. The van der Waals surface area contributed by atoms with Crippen molar-refractivity contribution >= 4 is 27.5 Å². The molecular formula is C13H19BrN2O2. The van der Waals surface area contributed by atoms with Crippen LogP contribution in [0.25, 0.3) is 0 Å². The number of anilines is 1. The third kappa shape index (κ3) is 4.96. The minimum absolute atomic E-state index is 0.0329. The van der Waals surface area contributed by atoms with E-state index in [1.807, 2.05) is 39.0 Å². The number of benzene rings is 1. The molecule has 2 N–H and O–H groups in total. The Balaban J connectivity index is 2.54. The van der Waals surface area contributed by atoms with Crippen molar-refractivity contribution in [3.63, 3.8) is 0 Å². The van der Waals surface area contributed by atoms with Crippen LogP contribution < -0.4 is 15.4 Å². The van der Waals surface area contributed by atoms with Gasteiger partial charge in [0.1, 0.15) is 5.75 Å². The average molecular weight is 315 g/mol. The summed E-state index contributed by atoms with van der Waals surface area (Å²) < 4.78 is 5.99. The van der Waals surface area contributed by atoms with Crippen LogP contribution in [0, 0.1) is 0 Å². The van der Waals surface area contributed by atoms with Crippen LogP contribution in [-0.4, -0.2) is 25.1 Å². The molecule has 0 saturated heterocycles. The zero-order chi connectivity index (χ0) is 13.8. The Morgan fingerprint density at radius 2 is 2.06 bits per heavy atom. The standard InChI is InChI=1S/C13H19BrN2O2/c1-13(2,3)16-12(17)8-15-9-5-6-11(18-4)10(14)7-9/h5-7,15H,8H2,1-4H3,(H,16,17). The van der Waals surface area contributed by atoms with Crippen LogP contribution in [0.1, 0.15) is 20.8 Å². The fraction of sp³-hybridized carbons (Fsp3) is 0.462. The molecule has 0 aliphatic rings. The van der Waals surface area contributed by atoms with E-state index < -0.39 is 0 Å². The van der Waals surface area contributed by atoms with Crippen molar-refractivity contribution < 1.29 is 9.53 Å². The molecule has 0 heterocycles. The molecule has 0 radical (unpaired) electrons. The van der Waals surface area contributed by atoms with Crippen LogP contribution in [0.3, 0.4) is 0 Å². The van der Waals surface area contributed by atoms with Gasteiger partial charge in [-0.25, -0.2) is 0 Å². The molecule has 1 rings (SSSR count). The van der Waals surface area contributed by atoms with Crippen molar-refractivity contribution in [1.82, 2.24) is 5.32 Å². The molecule has 0 aliphatic heterocycles. The Kier molecular flexibility index (Phi) is 5.02. The van der Waals surface area contributed by atoms with Gasteiger partial charge in [-0.3, -0.25) is 4.79 Å². The van der Waals surface area contributed by atoms with Crippen molar-refractivity contribution in [3.05, 3.63) is 22.7 Å². The molecule has 0 spiro atoms. The van der Waals surface area contributed by atoms with Crippen LogP contribution in [-0.2, 0) is 4.79 Å². The summed E-state index contributed by atoms with van der Waals surface area (Å²) in [4.78, 5) is 11.6. The second-order valence-electron chi connectivity index (χ2n) is 5.00. The molecule has 100 valence electrons. The Labute approximate surface area is 116 Å². The molecule has 0 bridgehead atoms. The minimum Gasteiger partial charge on any atom is -0.496 e. The monoisotopic (exact) mass is 314 g/mol. The van der Waals surface area contributed by atoms with E-state index in [0.717, 1.165) is 15.9 Å². The summed E-state index contributed by atoms with van der Waals surface area (Å²) in [6.45, 7) is 6.11. The van der Waals surface area contributed by atoms with Gasteiger partial charge in [0.2, 0.25) is 5.91 Å². The second kappa shape index (κ2) is 6.09. The molecule has 0 saturated carbocycles. The van der Waals surface area contributed by atoms with Crippen LogP contribution in [0.4, 0.5) is 5.69 Å². The highest BCUT2D eigenvalue weighted by Crippen LogP contribution is 2.27. The number of amides is 1. The third-order valence-corrected chi connectivity index (χ3v) is 2.74. The summed E-state index contributed by atoms with van der Waals surface area (Å²) in [6.07, 6.45) is 0. The van der Waals surface area contributed by atoms with Gasteiger partial charge >= 0.3 is 0 Å². The van der Waals surface area contributed by atoms with Crippen LogP contribution in [0.2, 0.25) is 0 Å². The lowest BCUT2D eigenvalue weighted by atomic mass is 10.1. The molecule has 4 nitrogen and oxygen atoms in total. The Morgan fingerprint density at radius 3 is 2.56 bits per heavy atom. The predicted molar refractivity (Wildman–Crippen MR) is 77.1 cm³/mol. The van der Waals surface area contributed by atoms with Crippen LogP contribution in [0.15, 0.2) is 22.7 Å². The summed E-state index contributed by atoms with van der Waals surface area (Å²) in [7, 11) is 1.62. The number of carbonyl (C=O) groups is 1. The number of methoxy groups -OCH3 is 1. The summed E-state index contributed by atoms with van der Waals surface area (Å²) >= 11 is 3.40. The number of carbonyl (C=O) groups excluding carboxylic acids is 1. The number of hydrogen-bond acceptors (Lipinski definition) is 3. The first-order valence-electron chi connectivity index (χ1n) is 5.70. The molecule has 0 aliphatic carbocycles. The molecule has 0 fully saturated rings. The molecule has 0 atom stereocenters. The van der Waals surface area contributed by atoms with E-state index >= 15 is 0 Å². The van der Waals surface area contributed by atoms with E-state index in [1.54, 1.807) is 7.11 Å². The van der Waals surface area contributed by atoms with E-state index in [1.165, 1.54) is 0 Å². The Hall–Kier alpha value is -1.23. The predicted octanol–water partition coefficient (Wildman–Crippen LogP) is 2.78. The number of ether oxygens (including phenoxy) is 1. The van der Waals surface area contributed by atoms with Gasteiger partial charge in [0.25, 0.3) is 0 Å². The van der Waals surface area contributed by atoms with Gasteiger partial charge in [-0.1, -0.05) is 0 Å². The summed E-state index contributed by atoms with van der Waals surface area (Å²) in [5.41, 5.74) is 0.658. The van der Waals surface area contributed by atoms with Crippen molar-refractivity contribution in [2.75, 3.05) is 19.0 Å². The van der Waals surface area contributed by atoms with Gasteiger partial charge in [0.05, 0.1) is 18.1 Å². The smallest absolute Gasteiger partial charge is 0.239 e. The Bertz CT molecular complexity index is 427. The lowest BCUT2D eigenvalue weighted by Gasteiger charge is -2.20. The highest BCUT2D eigenvalue weighted by atomic mass is 79.9. The molecule has 1 aromatic carbocycles. The van der Waals surface area contributed by atoms with Crippen molar-refractivity contribution in [2.45, 2.75) is 26.3 Å². The second-order valence-corrected chi connectivity index (χ2v) is 5.86. The molecule has 1 aromatic rings. The number of rotatable bonds is 4. The fourth-order valence-electron chi connectivity index (χ4n) is 1.42. The maximum atomic E-state index is 11.6. The van der Waals surface area contributed by atoms with Crippen LogP contribution >= 0.6 is 15.9 Å². The van der Waals surface area contributed by atoms with E-state index in [2.05, 4.69) is 26.6 Å². The van der Waals surface area contributed by atoms with Gasteiger partial charge < -0.3 is 15.4 Å². The van der Waals surface area contributed by atoms with E-state index in [-0.39, 0.29) is 18.0 Å². The van der Waals surface area contributed by atoms with E-state index in [0.29, 0.717) is 0 Å². The zero-order valence-corrected chi connectivity index (χ0v) is 12.7. The van der Waals surface area contributed by atoms with Gasteiger partial charge in [0, 0.05) is 11.2 Å². The van der Waals surface area contributed by atoms with Gasteiger partial charge in [0.15, 0.2) is 0 Å². The third-order valence-electron chi connectivity index (χ3n) is 2.12. The molecule has 0 unspecified atom stereocenters. The normalized spacial score (nSPS) is 10.9. The molecule has 0 aromatic heterocycles. The zero-order valence-electron chi connectivity index (χ0n) is 11.1. The summed E-state index contributed by atoms with van der Waals surface area (Å²) in [5.74, 6) is 0.731. The SMILES string of the molecule is COc1ccc(NCC(=O)NC(C)(C)C)cc1Br. The molecule has 5 heteroatoms. The lowest BCUT2D eigenvalue weighted by Crippen LogP contribution is -2.43. The first kappa shape index (κ1) is 14.8. The van der Waals surface area contributed by atoms with E-state index in [9.17, 15) is 4.79 Å². The van der Waals surface area contributed by atoms with Crippen molar-refractivity contribution in [2.24, 2.45) is 0 Å². The molecule has 18 heavy (non-hydrogen) atoms. The van der Waals surface area contributed by atoms with Gasteiger partial charge in [-0.2, -0.15) is 0 Å². The number of hydrogen-bond donors (Lipinski definition) is 2. The maximum Gasteiger partial charge on any atom is 0.239 e. The maximum absolute atomic E-state index is 11.6. The summed E-state index contributed by atoms with van der Waals surface area (Å²) in [5, 5.41) is 5.95. The first-order chi connectivity index (χ1) is 8.31. The average Bonchev–Trinajstić information content (AvgIpc) is 2.24.